The van der Waals surface area contributed by atoms with Crippen LogP contribution in [0.5, 0.6) is 11.5 Å². The average Bonchev–Trinajstić information content (AvgIpc) is 2.60. The Morgan fingerprint density at radius 3 is 2.19 bits per heavy atom. The smallest absolute Gasteiger partial charge is 0.303 e. The third-order valence-corrected chi connectivity index (χ3v) is 3.71. The second-order valence-electron chi connectivity index (χ2n) is 5.69. The molecular formula is C17H22O9. The van der Waals surface area contributed by atoms with Gasteiger partial charge in [-0.1, -0.05) is 0 Å². The Labute approximate surface area is 150 Å². The number of rotatable bonds is 6. The molecule has 144 valence electrons. The molecule has 5 atom stereocenters. The van der Waals surface area contributed by atoms with Crippen LogP contribution in [0.2, 0.25) is 0 Å². The fourth-order valence-corrected chi connectivity index (χ4v) is 2.44. The molecule has 9 nitrogen and oxygen atoms in total. The molecule has 1 aromatic carbocycles. The summed E-state index contributed by atoms with van der Waals surface area (Å²) in [6, 6.07) is 6.51. The highest BCUT2D eigenvalue weighted by Gasteiger charge is 2.48. The number of benzene rings is 1. The van der Waals surface area contributed by atoms with Gasteiger partial charge in [-0.2, -0.15) is 0 Å². The van der Waals surface area contributed by atoms with Crippen LogP contribution in [0.1, 0.15) is 13.8 Å². The maximum atomic E-state index is 11.3. The summed E-state index contributed by atoms with van der Waals surface area (Å²) in [6.07, 6.45) is -6.46. The predicted octanol–water partition coefficient (Wildman–Crippen LogP) is 0.0155. The van der Waals surface area contributed by atoms with E-state index in [9.17, 15) is 19.8 Å². The molecule has 0 spiro atoms. The topological polar surface area (TPSA) is 121 Å². The SMILES string of the molecule is COc1ccc(O[C@@H]2O[C@H](COC(C)=O)[C@H](O)[C@H](O)[C@H]2OC(C)=O)cc1. The van der Waals surface area contributed by atoms with Gasteiger partial charge in [0.05, 0.1) is 7.11 Å². The van der Waals surface area contributed by atoms with Crippen molar-refractivity contribution in [2.45, 2.75) is 44.6 Å². The Kier molecular flexibility index (Phi) is 6.78. The van der Waals surface area contributed by atoms with Crippen molar-refractivity contribution in [2.75, 3.05) is 13.7 Å². The summed E-state index contributed by atoms with van der Waals surface area (Å²) in [5, 5.41) is 20.5. The first-order chi connectivity index (χ1) is 12.3. The van der Waals surface area contributed by atoms with Crippen LogP contribution in [-0.2, 0) is 23.8 Å². The molecule has 0 unspecified atom stereocenters. The van der Waals surface area contributed by atoms with Crippen LogP contribution < -0.4 is 9.47 Å². The first-order valence-electron chi connectivity index (χ1n) is 7.94. The molecule has 1 fully saturated rings. The molecule has 2 rings (SSSR count). The van der Waals surface area contributed by atoms with Crippen molar-refractivity contribution < 1.29 is 43.5 Å². The van der Waals surface area contributed by atoms with Crippen molar-refractivity contribution in [3.8, 4) is 11.5 Å². The monoisotopic (exact) mass is 370 g/mol. The maximum absolute atomic E-state index is 11.3. The molecule has 1 aliphatic rings. The number of aliphatic hydroxyl groups excluding tert-OH is 2. The van der Waals surface area contributed by atoms with Crippen LogP contribution in [0, 0.1) is 0 Å². The number of carbonyl (C=O) groups excluding carboxylic acids is 2. The zero-order valence-electron chi connectivity index (χ0n) is 14.7. The molecule has 0 saturated carbocycles. The number of hydrogen-bond donors (Lipinski definition) is 2. The summed E-state index contributed by atoms with van der Waals surface area (Å²) >= 11 is 0. The molecule has 2 N–H and O–H groups in total. The minimum Gasteiger partial charge on any atom is -0.497 e. The van der Waals surface area contributed by atoms with Gasteiger partial charge in [0.1, 0.15) is 36.4 Å². The molecule has 26 heavy (non-hydrogen) atoms. The number of methoxy groups -OCH3 is 1. The highest BCUT2D eigenvalue weighted by atomic mass is 16.7. The minimum atomic E-state index is -1.49. The first-order valence-corrected chi connectivity index (χ1v) is 7.94. The van der Waals surface area contributed by atoms with Crippen molar-refractivity contribution in [3.05, 3.63) is 24.3 Å². The lowest BCUT2D eigenvalue weighted by atomic mass is 9.99. The summed E-state index contributed by atoms with van der Waals surface area (Å²) in [5.41, 5.74) is 0. The summed E-state index contributed by atoms with van der Waals surface area (Å²) < 4.78 is 26.2. The quantitative estimate of drug-likeness (QED) is 0.667. The fourth-order valence-electron chi connectivity index (χ4n) is 2.44. The highest BCUT2D eigenvalue weighted by molar-refractivity contribution is 5.66. The van der Waals surface area contributed by atoms with E-state index in [1.165, 1.54) is 14.0 Å². The van der Waals surface area contributed by atoms with Gasteiger partial charge in [0.15, 0.2) is 6.10 Å². The van der Waals surface area contributed by atoms with E-state index in [1.807, 2.05) is 0 Å². The molecule has 1 saturated heterocycles. The summed E-state index contributed by atoms with van der Waals surface area (Å²) in [4.78, 5) is 22.3. The van der Waals surface area contributed by atoms with Gasteiger partial charge in [0.25, 0.3) is 0 Å². The van der Waals surface area contributed by atoms with Crippen LogP contribution >= 0.6 is 0 Å². The normalized spacial score (nSPS) is 28.1. The standard InChI is InChI=1S/C17H22O9/c1-9(18)23-8-13-14(20)15(21)16(24-10(2)19)17(26-13)25-12-6-4-11(22-3)5-7-12/h4-7,13-17,20-21H,8H2,1-3H3/t13-,14+,15+,16-,17-/m1/s1. The molecule has 0 radical (unpaired) electrons. The lowest BCUT2D eigenvalue weighted by molar-refractivity contribution is -0.282. The van der Waals surface area contributed by atoms with Crippen molar-refractivity contribution in [3.63, 3.8) is 0 Å². The third-order valence-electron chi connectivity index (χ3n) is 3.71. The van der Waals surface area contributed by atoms with E-state index in [4.69, 9.17) is 23.7 Å². The number of hydrogen-bond acceptors (Lipinski definition) is 9. The third kappa shape index (κ3) is 5.07. The van der Waals surface area contributed by atoms with Crippen LogP contribution in [0.15, 0.2) is 24.3 Å². The van der Waals surface area contributed by atoms with Gasteiger partial charge >= 0.3 is 11.9 Å². The Bertz CT molecular complexity index is 613. The number of aliphatic hydroxyl groups is 2. The van der Waals surface area contributed by atoms with Crippen LogP contribution in [0.3, 0.4) is 0 Å². The molecule has 1 aromatic rings. The Morgan fingerprint density at radius 2 is 1.65 bits per heavy atom. The van der Waals surface area contributed by atoms with Gasteiger partial charge in [-0.25, -0.2) is 0 Å². The second-order valence-corrected chi connectivity index (χ2v) is 5.69. The lowest BCUT2D eigenvalue weighted by Gasteiger charge is -2.41. The van der Waals surface area contributed by atoms with E-state index in [0.29, 0.717) is 11.5 Å². The van der Waals surface area contributed by atoms with E-state index >= 15 is 0 Å². The maximum Gasteiger partial charge on any atom is 0.303 e. The highest BCUT2D eigenvalue weighted by Crippen LogP contribution is 2.27. The van der Waals surface area contributed by atoms with Gasteiger partial charge in [-0.05, 0) is 24.3 Å². The largest absolute Gasteiger partial charge is 0.497 e. The van der Waals surface area contributed by atoms with Crippen LogP contribution in [0.4, 0.5) is 0 Å². The van der Waals surface area contributed by atoms with Gasteiger partial charge in [0, 0.05) is 13.8 Å². The molecule has 0 amide bonds. The molecule has 1 aliphatic heterocycles. The van der Waals surface area contributed by atoms with Crippen molar-refractivity contribution in [1.82, 2.24) is 0 Å². The van der Waals surface area contributed by atoms with Gasteiger partial charge < -0.3 is 33.9 Å². The predicted molar refractivity (Wildman–Crippen MR) is 86.5 cm³/mol. The average molecular weight is 370 g/mol. The van der Waals surface area contributed by atoms with Crippen molar-refractivity contribution >= 4 is 11.9 Å². The summed E-state index contributed by atoms with van der Waals surface area (Å²) in [5.74, 6) is -0.263. The number of esters is 2. The van der Waals surface area contributed by atoms with Gasteiger partial charge in [-0.15, -0.1) is 0 Å². The van der Waals surface area contributed by atoms with E-state index in [1.54, 1.807) is 24.3 Å². The van der Waals surface area contributed by atoms with E-state index in [2.05, 4.69) is 0 Å². The molecule has 0 aliphatic carbocycles. The van der Waals surface area contributed by atoms with Crippen molar-refractivity contribution in [2.24, 2.45) is 0 Å². The molecule has 1 heterocycles. The summed E-state index contributed by atoms with van der Waals surface area (Å²) in [6.45, 7) is 2.08. The Balaban J connectivity index is 2.17. The second kappa shape index (κ2) is 8.84. The first kappa shape index (κ1) is 20.0. The lowest BCUT2D eigenvalue weighted by Crippen LogP contribution is -2.61. The Morgan fingerprint density at radius 1 is 1.04 bits per heavy atom. The molecule has 9 heteroatoms. The zero-order chi connectivity index (χ0) is 19.3. The number of ether oxygens (including phenoxy) is 5. The Hall–Kier alpha value is -2.36. The van der Waals surface area contributed by atoms with E-state index < -0.39 is 42.6 Å². The van der Waals surface area contributed by atoms with E-state index in [-0.39, 0.29) is 6.61 Å². The molecule has 0 bridgehead atoms. The molecular weight excluding hydrogens is 348 g/mol. The van der Waals surface area contributed by atoms with Crippen molar-refractivity contribution in [1.29, 1.82) is 0 Å². The van der Waals surface area contributed by atoms with Gasteiger partial charge in [-0.3, -0.25) is 9.59 Å². The number of carbonyl (C=O) groups is 2. The zero-order valence-corrected chi connectivity index (χ0v) is 14.7. The van der Waals surface area contributed by atoms with Crippen LogP contribution in [-0.4, -0.2) is 66.6 Å². The molecule has 0 aromatic heterocycles. The summed E-state index contributed by atoms with van der Waals surface area (Å²) in [7, 11) is 1.52. The van der Waals surface area contributed by atoms with Crippen LogP contribution in [0.25, 0.3) is 0 Å². The van der Waals surface area contributed by atoms with Gasteiger partial charge in [0.2, 0.25) is 6.29 Å². The van der Waals surface area contributed by atoms with E-state index in [0.717, 1.165) is 6.92 Å². The minimum absolute atomic E-state index is 0.289. The fraction of sp³-hybridized carbons (Fsp3) is 0.529.